The lowest BCUT2D eigenvalue weighted by molar-refractivity contribution is 0.660. The highest BCUT2D eigenvalue weighted by Crippen LogP contribution is 2.51. The second-order valence-electron chi connectivity index (χ2n) is 14.2. The molecule has 3 nitrogen and oxygen atoms in total. The highest BCUT2D eigenvalue weighted by Gasteiger charge is 2.35. The molecule has 1 aromatic heterocycles. The van der Waals surface area contributed by atoms with E-state index in [4.69, 9.17) is 4.42 Å². The van der Waals surface area contributed by atoms with Crippen molar-refractivity contribution < 1.29 is 4.42 Å². The molecular formula is C49H36N2O. The van der Waals surface area contributed by atoms with Gasteiger partial charge < -0.3 is 14.2 Å². The van der Waals surface area contributed by atoms with E-state index < -0.39 is 0 Å². The van der Waals surface area contributed by atoms with Crippen molar-refractivity contribution in [2.75, 3.05) is 9.80 Å². The Labute approximate surface area is 303 Å². The van der Waals surface area contributed by atoms with E-state index >= 15 is 0 Å². The highest BCUT2D eigenvalue weighted by atomic mass is 16.3. The summed E-state index contributed by atoms with van der Waals surface area (Å²) in [7, 11) is 0. The second kappa shape index (κ2) is 11.8. The molecule has 0 spiro atoms. The molecule has 0 saturated heterocycles. The lowest BCUT2D eigenvalue weighted by atomic mass is 9.82. The van der Waals surface area contributed by atoms with E-state index in [-0.39, 0.29) is 5.41 Å². The van der Waals surface area contributed by atoms with Crippen molar-refractivity contribution in [3.63, 3.8) is 0 Å². The van der Waals surface area contributed by atoms with E-state index in [1.807, 2.05) is 12.1 Å². The molecule has 3 heteroatoms. The van der Waals surface area contributed by atoms with Crippen LogP contribution in [-0.2, 0) is 5.41 Å². The fraction of sp³-hybridized carbons (Fsp3) is 0.0612. The number of benzene rings is 8. The Morgan fingerprint density at radius 1 is 0.385 bits per heavy atom. The van der Waals surface area contributed by atoms with Gasteiger partial charge in [-0.15, -0.1) is 0 Å². The van der Waals surface area contributed by atoms with Crippen LogP contribution in [0.4, 0.5) is 34.1 Å². The number of furan rings is 1. The highest BCUT2D eigenvalue weighted by molar-refractivity contribution is 6.19. The molecule has 0 aliphatic heterocycles. The van der Waals surface area contributed by atoms with Crippen LogP contribution in [0.1, 0.15) is 25.0 Å². The van der Waals surface area contributed by atoms with Gasteiger partial charge in [0.25, 0.3) is 0 Å². The van der Waals surface area contributed by atoms with Crippen LogP contribution in [0.3, 0.4) is 0 Å². The summed E-state index contributed by atoms with van der Waals surface area (Å²) in [6.45, 7) is 4.67. The predicted octanol–water partition coefficient (Wildman–Crippen LogP) is 14.0. The molecular weight excluding hydrogens is 633 g/mol. The van der Waals surface area contributed by atoms with Crippen LogP contribution in [-0.4, -0.2) is 0 Å². The first-order valence-electron chi connectivity index (χ1n) is 17.9. The van der Waals surface area contributed by atoms with Crippen molar-refractivity contribution in [1.82, 2.24) is 0 Å². The van der Waals surface area contributed by atoms with Crippen molar-refractivity contribution in [2.24, 2.45) is 0 Å². The summed E-state index contributed by atoms with van der Waals surface area (Å²) in [5, 5.41) is 4.65. The van der Waals surface area contributed by atoms with E-state index in [0.29, 0.717) is 0 Å². The topological polar surface area (TPSA) is 19.6 Å². The molecule has 9 aromatic rings. The van der Waals surface area contributed by atoms with Crippen molar-refractivity contribution in [2.45, 2.75) is 19.3 Å². The van der Waals surface area contributed by atoms with E-state index in [9.17, 15) is 0 Å². The van der Waals surface area contributed by atoms with Crippen LogP contribution < -0.4 is 9.80 Å². The quantitative estimate of drug-likeness (QED) is 0.176. The van der Waals surface area contributed by atoms with Gasteiger partial charge in [0.05, 0.1) is 0 Å². The van der Waals surface area contributed by atoms with Gasteiger partial charge in [-0.2, -0.15) is 0 Å². The number of fused-ring (bicyclic) bond motifs is 8. The summed E-state index contributed by atoms with van der Waals surface area (Å²) in [6.07, 6.45) is 0. The molecule has 10 rings (SSSR count). The predicted molar refractivity (Wildman–Crippen MR) is 218 cm³/mol. The van der Waals surface area contributed by atoms with Gasteiger partial charge in [0.2, 0.25) is 0 Å². The number of rotatable bonds is 6. The maximum absolute atomic E-state index is 6.26. The summed E-state index contributed by atoms with van der Waals surface area (Å²) in [6, 6.07) is 65.4. The van der Waals surface area contributed by atoms with Gasteiger partial charge in [0.1, 0.15) is 11.2 Å². The monoisotopic (exact) mass is 668 g/mol. The van der Waals surface area contributed by atoms with E-state index in [1.165, 1.54) is 33.0 Å². The van der Waals surface area contributed by atoms with Gasteiger partial charge in [-0.1, -0.05) is 117 Å². The van der Waals surface area contributed by atoms with Crippen LogP contribution in [0.15, 0.2) is 186 Å². The fourth-order valence-corrected chi connectivity index (χ4v) is 8.35. The van der Waals surface area contributed by atoms with Gasteiger partial charge in [0, 0.05) is 50.3 Å². The first-order valence-corrected chi connectivity index (χ1v) is 17.9. The van der Waals surface area contributed by atoms with Crippen molar-refractivity contribution in [1.29, 1.82) is 0 Å². The SMILES string of the molecule is CC1(C)c2ccccc2-c2cc(N(c3cccc(N(c4ccccc4)c4ccccc4)c3)c3ccc4c(ccc5oc6ccccc6c54)c3)ccc21. The zero-order chi connectivity index (χ0) is 34.8. The van der Waals surface area contributed by atoms with Crippen molar-refractivity contribution in [3.8, 4) is 11.1 Å². The van der Waals surface area contributed by atoms with Crippen molar-refractivity contribution in [3.05, 3.63) is 193 Å². The molecule has 1 aliphatic rings. The normalized spacial score (nSPS) is 13.0. The molecule has 0 unspecified atom stereocenters. The number of anilines is 6. The molecule has 52 heavy (non-hydrogen) atoms. The first-order chi connectivity index (χ1) is 25.5. The summed E-state index contributed by atoms with van der Waals surface area (Å²) >= 11 is 0. The smallest absolute Gasteiger partial charge is 0.136 e. The van der Waals surface area contributed by atoms with E-state index in [0.717, 1.165) is 56.1 Å². The molecule has 1 aliphatic carbocycles. The average Bonchev–Trinajstić information content (AvgIpc) is 3.68. The van der Waals surface area contributed by atoms with Crippen LogP contribution in [0, 0.1) is 0 Å². The molecule has 8 aromatic carbocycles. The summed E-state index contributed by atoms with van der Waals surface area (Å²) < 4.78 is 6.26. The Bertz CT molecular complexity index is 2740. The maximum atomic E-state index is 6.26. The van der Waals surface area contributed by atoms with Gasteiger partial charge in [-0.25, -0.2) is 0 Å². The van der Waals surface area contributed by atoms with Gasteiger partial charge in [0.15, 0.2) is 0 Å². The molecule has 0 bridgehead atoms. The minimum absolute atomic E-state index is 0.0667. The molecule has 0 fully saturated rings. The Morgan fingerprint density at radius 3 is 1.73 bits per heavy atom. The molecule has 0 atom stereocenters. The minimum Gasteiger partial charge on any atom is -0.456 e. The number of hydrogen-bond acceptors (Lipinski definition) is 3. The van der Waals surface area contributed by atoms with E-state index in [1.54, 1.807) is 0 Å². The van der Waals surface area contributed by atoms with Gasteiger partial charge >= 0.3 is 0 Å². The van der Waals surface area contributed by atoms with Crippen LogP contribution in [0.5, 0.6) is 0 Å². The summed E-state index contributed by atoms with van der Waals surface area (Å²) in [5.41, 5.74) is 13.7. The molecule has 248 valence electrons. The van der Waals surface area contributed by atoms with Crippen LogP contribution >= 0.6 is 0 Å². The minimum atomic E-state index is -0.0667. The number of nitrogens with zero attached hydrogens (tertiary/aromatic N) is 2. The van der Waals surface area contributed by atoms with Crippen LogP contribution in [0.2, 0.25) is 0 Å². The Kier molecular flexibility index (Phi) is 6.84. The third-order valence-electron chi connectivity index (χ3n) is 10.8. The van der Waals surface area contributed by atoms with Gasteiger partial charge in [-0.3, -0.25) is 0 Å². The summed E-state index contributed by atoms with van der Waals surface area (Å²) in [4.78, 5) is 4.73. The largest absolute Gasteiger partial charge is 0.456 e. The van der Waals surface area contributed by atoms with Gasteiger partial charge in [-0.05, 0) is 112 Å². The summed E-state index contributed by atoms with van der Waals surface area (Å²) in [5.74, 6) is 0. The Hall–Kier alpha value is -6.58. The molecule has 0 saturated carbocycles. The molecule has 0 radical (unpaired) electrons. The lowest BCUT2D eigenvalue weighted by Gasteiger charge is -2.30. The maximum Gasteiger partial charge on any atom is 0.136 e. The Morgan fingerprint density at radius 2 is 0.962 bits per heavy atom. The van der Waals surface area contributed by atoms with Crippen LogP contribution in [0.25, 0.3) is 43.8 Å². The fourth-order valence-electron chi connectivity index (χ4n) is 8.35. The lowest BCUT2D eigenvalue weighted by Crippen LogP contribution is -2.15. The van der Waals surface area contributed by atoms with Crippen molar-refractivity contribution >= 4 is 66.8 Å². The third-order valence-corrected chi connectivity index (χ3v) is 10.8. The number of para-hydroxylation sites is 3. The molecule has 0 amide bonds. The number of hydrogen-bond donors (Lipinski definition) is 0. The molecule has 0 N–H and O–H groups in total. The first kappa shape index (κ1) is 30.3. The second-order valence-corrected chi connectivity index (χ2v) is 14.2. The average molecular weight is 669 g/mol. The third kappa shape index (κ3) is 4.74. The van der Waals surface area contributed by atoms with E-state index in [2.05, 4.69) is 194 Å². The standard InChI is InChI=1S/C49H36N2O/c1-49(2)44-22-11-9-20-41(44)43-32-39(26-28-45(43)49)51(38-25-27-40-33(30-38)24-29-47-48(40)42-21-10-12-23-46(42)52-47)37-19-13-18-36(31-37)50(34-14-5-3-6-15-34)35-16-7-4-8-17-35/h3-32H,1-2H3. The zero-order valence-corrected chi connectivity index (χ0v) is 29.1. The zero-order valence-electron chi connectivity index (χ0n) is 29.1. The molecule has 1 heterocycles. The Balaban J connectivity index is 1.18.